The second kappa shape index (κ2) is 4.02. The molecule has 1 aliphatic carbocycles. The predicted molar refractivity (Wildman–Crippen MR) is 58.6 cm³/mol. The van der Waals surface area contributed by atoms with E-state index in [2.05, 4.69) is 0 Å². The number of benzene rings is 1. The summed E-state index contributed by atoms with van der Waals surface area (Å²) in [5.41, 5.74) is -0.143. The molecule has 0 heterocycles. The van der Waals surface area contributed by atoms with Gasteiger partial charge in [-0.05, 0) is 30.4 Å². The number of aliphatic hydroxyl groups excluding tert-OH is 1. The predicted octanol–water partition coefficient (Wildman–Crippen LogP) is 3.37. The molecule has 0 amide bonds. The van der Waals surface area contributed by atoms with Gasteiger partial charge in [0.15, 0.2) is 0 Å². The van der Waals surface area contributed by atoms with Crippen molar-refractivity contribution in [1.29, 1.82) is 0 Å². The van der Waals surface area contributed by atoms with E-state index in [0.29, 0.717) is 5.56 Å². The minimum absolute atomic E-state index is 0.0457. The van der Waals surface area contributed by atoms with Gasteiger partial charge >= 0.3 is 6.18 Å². The fourth-order valence-corrected chi connectivity index (χ4v) is 2.62. The van der Waals surface area contributed by atoms with Crippen LogP contribution in [-0.2, 0) is 11.6 Å². The maximum absolute atomic E-state index is 12.6. The van der Waals surface area contributed by atoms with E-state index in [9.17, 15) is 13.2 Å². The molecule has 0 saturated heterocycles. The first kappa shape index (κ1) is 12.4. The zero-order valence-electron chi connectivity index (χ0n) is 9.59. The molecule has 0 aromatic heterocycles. The molecule has 1 aliphatic rings. The lowest BCUT2D eigenvalue weighted by Crippen LogP contribution is -2.13. The van der Waals surface area contributed by atoms with Gasteiger partial charge in [-0.2, -0.15) is 13.2 Å². The molecular weight excluding hydrogens is 229 g/mol. The third kappa shape index (κ3) is 2.06. The molecule has 1 aromatic rings. The summed E-state index contributed by atoms with van der Waals surface area (Å²) < 4.78 is 37.8. The van der Waals surface area contributed by atoms with Crippen molar-refractivity contribution in [2.24, 2.45) is 5.92 Å². The maximum atomic E-state index is 12.6. The first-order valence-electron chi connectivity index (χ1n) is 5.72. The number of alkyl halides is 3. The molecule has 0 bridgehead atoms. The van der Waals surface area contributed by atoms with Crippen molar-refractivity contribution in [1.82, 2.24) is 0 Å². The Morgan fingerprint density at radius 2 is 2.12 bits per heavy atom. The van der Waals surface area contributed by atoms with Crippen LogP contribution in [0.25, 0.3) is 0 Å². The Bertz CT molecular complexity index is 413. The van der Waals surface area contributed by atoms with Crippen LogP contribution in [0, 0.1) is 5.92 Å². The van der Waals surface area contributed by atoms with Crippen LogP contribution in [0.5, 0.6) is 0 Å². The Morgan fingerprint density at radius 3 is 2.59 bits per heavy atom. The fourth-order valence-electron chi connectivity index (χ4n) is 2.62. The summed E-state index contributed by atoms with van der Waals surface area (Å²) in [6.07, 6.45) is -2.75. The van der Waals surface area contributed by atoms with Gasteiger partial charge in [-0.15, -0.1) is 0 Å². The molecule has 2 unspecified atom stereocenters. The van der Waals surface area contributed by atoms with Crippen LogP contribution in [0.15, 0.2) is 24.3 Å². The van der Waals surface area contributed by atoms with Gasteiger partial charge in [0.05, 0.1) is 5.56 Å². The summed E-state index contributed by atoms with van der Waals surface area (Å²) in [6.45, 7) is 2.00. The summed E-state index contributed by atoms with van der Waals surface area (Å²) >= 11 is 0. The average Bonchev–Trinajstić information content (AvgIpc) is 3.03. The monoisotopic (exact) mass is 244 g/mol. The first-order valence-corrected chi connectivity index (χ1v) is 5.72. The van der Waals surface area contributed by atoms with Crippen molar-refractivity contribution in [2.45, 2.75) is 31.4 Å². The Hall–Kier alpha value is -1.03. The lowest BCUT2D eigenvalue weighted by Gasteiger charge is -2.17. The van der Waals surface area contributed by atoms with Gasteiger partial charge in [0, 0.05) is 12.0 Å². The largest absolute Gasteiger partial charge is 0.416 e. The summed E-state index contributed by atoms with van der Waals surface area (Å²) in [5.74, 6) is 0.107. The van der Waals surface area contributed by atoms with Crippen molar-refractivity contribution >= 4 is 0 Å². The highest BCUT2D eigenvalue weighted by Gasteiger charge is 2.53. The molecule has 17 heavy (non-hydrogen) atoms. The van der Waals surface area contributed by atoms with Crippen molar-refractivity contribution in [3.63, 3.8) is 0 Å². The van der Waals surface area contributed by atoms with Crippen LogP contribution in [0.3, 0.4) is 0 Å². The number of hydrogen-bond acceptors (Lipinski definition) is 1. The van der Waals surface area contributed by atoms with Crippen LogP contribution in [-0.4, -0.2) is 11.7 Å². The molecule has 1 nitrogen and oxygen atoms in total. The minimum atomic E-state index is -4.30. The van der Waals surface area contributed by atoms with E-state index in [-0.39, 0.29) is 17.9 Å². The van der Waals surface area contributed by atoms with Gasteiger partial charge in [0.25, 0.3) is 0 Å². The van der Waals surface area contributed by atoms with Crippen LogP contribution in [0.4, 0.5) is 13.2 Å². The van der Waals surface area contributed by atoms with Crippen molar-refractivity contribution < 1.29 is 18.3 Å². The first-order chi connectivity index (χ1) is 7.94. The summed E-state index contributed by atoms with van der Waals surface area (Å²) in [5, 5.41) is 9.14. The van der Waals surface area contributed by atoms with Gasteiger partial charge < -0.3 is 5.11 Å². The highest BCUT2D eigenvalue weighted by Crippen LogP contribution is 2.56. The van der Waals surface area contributed by atoms with E-state index in [1.54, 1.807) is 6.07 Å². The smallest absolute Gasteiger partial charge is 0.396 e. The summed E-state index contributed by atoms with van der Waals surface area (Å²) in [6, 6.07) is 5.49. The second-order valence-corrected chi connectivity index (χ2v) is 4.67. The van der Waals surface area contributed by atoms with Crippen LogP contribution in [0.2, 0.25) is 0 Å². The van der Waals surface area contributed by atoms with Crippen molar-refractivity contribution in [3.8, 4) is 0 Å². The summed E-state index contributed by atoms with van der Waals surface area (Å²) in [4.78, 5) is 0. The Balaban J connectivity index is 2.34. The normalized spacial score (nSPS) is 28.2. The minimum Gasteiger partial charge on any atom is -0.396 e. The van der Waals surface area contributed by atoms with Crippen LogP contribution >= 0.6 is 0 Å². The molecule has 0 aliphatic heterocycles. The van der Waals surface area contributed by atoms with Crippen LogP contribution in [0.1, 0.15) is 30.9 Å². The van der Waals surface area contributed by atoms with E-state index in [1.165, 1.54) is 12.1 Å². The van der Waals surface area contributed by atoms with Gasteiger partial charge in [0.1, 0.15) is 0 Å². The number of aliphatic hydroxyl groups is 1. The van der Waals surface area contributed by atoms with Gasteiger partial charge in [-0.1, -0.05) is 25.1 Å². The van der Waals surface area contributed by atoms with E-state index in [4.69, 9.17) is 5.11 Å². The molecule has 0 spiro atoms. The molecular formula is C13H15F3O. The summed E-state index contributed by atoms with van der Waals surface area (Å²) in [7, 11) is 0. The third-order valence-corrected chi connectivity index (χ3v) is 3.85. The Kier molecular flexibility index (Phi) is 2.94. The van der Waals surface area contributed by atoms with E-state index >= 15 is 0 Å². The number of halogens is 3. The molecule has 2 atom stereocenters. The highest BCUT2D eigenvalue weighted by molar-refractivity contribution is 5.37. The molecule has 1 aromatic carbocycles. The zero-order valence-corrected chi connectivity index (χ0v) is 9.59. The van der Waals surface area contributed by atoms with Gasteiger partial charge in [-0.25, -0.2) is 0 Å². The molecule has 0 radical (unpaired) electrons. The van der Waals surface area contributed by atoms with Crippen LogP contribution < -0.4 is 0 Å². The zero-order chi connectivity index (χ0) is 12.7. The molecule has 1 N–H and O–H groups in total. The standard InChI is InChI=1S/C13H15F3O/c1-2-12(7-11(12)8-17)9-4-3-5-10(6-9)13(14,15)16/h3-6,11,17H,2,7-8H2,1H3. The van der Waals surface area contributed by atoms with E-state index in [1.807, 2.05) is 6.92 Å². The van der Waals surface area contributed by atoms with E-state index in [0.717, 1.165) is 18.9 Å². The van der Waals surface area contributed by atoms with Crippen molar-refractivity contribution in [2.75, 3.05) is 6.61 Å². The fraction of sp³-hybridized carbons (Fsp3) is 0.538. The number of hydrogen-bond donors (Lipinski definition) is 1. The third-order valence-electron chi connectivity index (χ3n) is 3.85. The Labute approximate surface area is 98.3 Å². The topological polar surface area (TPSA) is 20.2 Å². The second-order valence-electron chi connectivity index (χ2n) is 4.67. The average molecular weight is 244 g/mol. The maximum Gasteiger partial charge on any atom is 0.416 e. The molecule has 1 saturated carbocycles. The lowest BCUT2D eigenvalue weighted by atomic mass is 9.89. The van der Waals surface area contributed by atoms with E-state index < -0.39 is 11.7 Å². The van der Waals surface area contributed by atoms with Crippen molar-refractivity contribution in [3.05, 3.63) is 35.4 Å². The lowest BCUT2D eigenvalue weighted by molar-refractivity contribution is -0.137. The highest BCUT2D eigenvalue weighted by atomic mass is 19.4. The Morgan fingerprint density at radius 1 is 1.41 bits per heavy atom. The number of rotatable bonds is 3. The van der Waals surface area contributed by atoms with Gasteiger partial charge in [-0.3, -0.25) is 0 Å². The SMILES string of the molecule is CCC1(c2cccc(C(F)(F)F)c2)CC1CO. The molecule has 1 fully saturated rings. The molecule has 2 rings (SSSR count). The quantitative estimate of drug-likeness (QED) is 0.864. The van der Waals surface area contributed by atoms with Gasteiger partial charge in [0.2, 0.25) is 0 Å². The molecule has 94 valence electrons. The molecule has 4 heteroatoms.